The second-order valence-corrected chi connectivity index (χ2v) is 4.18. The summed E-state index contributed by atoms with van der Waals surface area (Å²) >= 11 is 0. The first-order valence-corrected chi connectivity index (χ1v) is 5.81. The van der Waals surface area contributed by atoms with Crippen molar-refractivity contribution in [3.05, 3.63) is 35.2 Å². The maximum Gasteiger partial charge on any atom is 0.191 e. The molecule has 0 spiro atoms. The summed E-state index contributed by atoms with van der Waals surface area (Å²) in [5.41, 5.74) is 2.33. The molecule has 2 aromatic rings. The van der Waals surface area contributed by atoms with E-state index < -0.39 is 0 Å². The van der Waals surface area contributed by atoms with Gasteiger partial charge in [-0.1, -0.05) is 17.3 Å². The average molecular weight is 247 g/mol. The molecule has 0 radical (unpaired) electrons. The molecule has 1 aromatic heterocycles. The van der Waals surface area contributed by atoms with Gasteiger partial charge in [0.25, 0.3) is 0 Å². The Morgan fingerprint density at radius 1 is 1.44 bits per heavy atom. The van der Waals surface area contributed by atoms with Crippen molar-refractivity contribution in [2.45, 2.75) is 26.4 Å². The van der Waals surface area contributed by atoms with Gasteiger partial charge < -0.3 is 10.1 Å². The molecule has 0 bridgehead atoms. The molecule has 1 heterocycles. The van der Waals surface area contributed by atoms with Gasteiger partial charge in [0.05, 0.1) is 13.2 Å². The summed E-state index contributed by atoms with van der Waals surface area (Å²) in [6.07, 6.45) is 0. The number of nitrogens with zero attached hydrogens (tertiary/aromatic N) is 3. The number of rotatable bonds is 5. The Balaban J connectivity index is 1.96. The fourth-order valence-electron chi connectivity index (χ4n) is 1.77. The second-order valence-electron chi connectivity index (χ2n) is 4.18. The van der Waals surface area contributed by atoms with Crippen LogP contribution in [0, 0.1) is 6.92 Å². The minimum atomic E-state index is 0.0613. The summed E-state index contributed by atoms with van der Waals surface area (Å²) in [7, 11) is 1.68. The molecule has 0 aliphatic carbocycles. The highest BCUT2D eigenvalue weighted by atomic mass is 16.5. The largest absolute Gasteiger partial charge is 0.496 e. The highest BCUT2D eigenvalue weighted by Crippen LogP contribution is 2.18. The fourth-order valence-corrected chi connectivity index (χ4v) is 1.77. The van der Waals surface area contributed by atoms with Crippen LogP contribution >= 0.6 is 0 Å². The van der Waals surface area contributed by atoms with Crippen molar-refractivity contribution in [1.82, 2.24) is 25.9 Å². The standard InChI is InChI=1S/C12H17N5O/c1-8-6-10(4-5-11(8)18-3)7-13-9(2)12-14-16-17-15-12/h4-6,9,13H,7H2,1-3H3,(H,14,15,16,17). The van der Waals surface area contributed by atoms with E-state index in [1.807, 2.05) is 26.0 Å². The van der Waals surface area contributed by atoms with Crippen molar-refractivity contribution in [2.24, 2.45) is 0 Å². The molecule has 6 nitrogen and oxygen atoms in total. The first-order valence-electron chi connectivity index (χ1n) is 5.81. The summed E-state index contributed by atoms with van der Waals surface area (Å²) < 4.78 is 5.23. The van der Waals surface area contributed by atoms with Crippen LogP contribution in [0.1, 0.15) is 29.9 Å². The minimum absolute atomic E-state index is 0.0613. The van der Waals surface area contributed by atoms with Crippen LogP contribution in [-0.4, -0.2) is 27.7 Å². The van der Waals surface area contributed by atoms with Gasteiger partial charge in [-0.25, -0.2) is 0 Å². The maximum absolute atomic E-state index is 5.23. The number of aromatic nitrogens is 4. The molecule has 18 heavy (non-hydrogen) atoms. The van der Waals surface area contributed by atoms with Crippen molar-refractivity contribution >= 4 is 0 Å². The van der Waals surface area contributed by atoms with E-state index in [4.69, 9.17) is 4.74 Å². The van der Waals surface area contributed by atoms with Crippen molar-refractivity contribution in [2.75, 3.05) is 7.11 Å². The molecule has 1 atom stereocenters. The smallest absolute Gasteiger partial charge is 0.191 e. The zero-order chi connectivity index (χ0) is 13.0. The Kier molecular flexibility index (Phi) is 3.88. The molecule has 2 rings (SSSR count). The van der Waals surface area contributed by atoms with E-state index in [2.05, 4.69) is 32.0 Å². The van der Waals surface area contributed by atoms with Crippen LogP contribution in [-0.2, 0) is 6.54 Å². The summed E-state index contributed by atoms with van der Waals surface area (Å²) in [5.74, 6) is 1.57. The first kappa shape index (κ1) is 12.5. The Morgan fingerprint density at radius 2 is 2.28 bits per heavy atom. The van der Waals surface area contributed by atoms with Crippen LogP contribution in [0.25, 0.3) is 0 Å². The SMILES string of the molecule is COc1ccc(CNC(C)c2nn[nH]n2)cc1C. The van der Waals surface area contributed by atoms with Gasteiger partial charge in [-0.05, 0) is 31.0 Å². The number of aromatic amines is 1. The Hall–Kier alpha value is -1.95. The highest BCUT2D eigenvalue weighted by molar-refractivity contribution is 5.36. The summed E-state index contributed by atoms with van der Waals surface area (Å²) in [6.45, 7) is 4.78. The topological polar surface area (TPSA) is 75.7 Å². The lowest BCUT2D eigenvalue weighted by Gasteiger charge is -2.11. The predicted molar refractivity (Wildman–Crippen MR) is 67.2 cm³/mol. The van der Waals surface area contributed by atoms with Crippen molar-refractivity contribution in [3.8, 4) is 5.75 Å². The van der Waals surface area contributed by atoms with E-state index in [9.17, 15) is 0 Å². The number of hydrogen-bond donors (Lipinski definition) is 2. The number of tetrazole rings is 1. The van der Waals surface area contributed by atoms with E-state index in [-0.39, 0.29) is 6.04 Å². The fraction of sp³-hybridized carbons (Fsp3) is 0.417. The normalized spacial score (nSPS) is 12.4. The van der Waals surface area contributed by atoms with Gasteiger partial charge in [-0.2, -0.15) is 5.21 Å². The van der Waals surface area contributed by atoms with Gasteiger partial charge in [-0.15, -0.1) is 10.2 Å². The van der Waals surface area contributed by atoms with Crippen LogP contribution in [0.15, 0.2) is 18.2 Å². The third kappa shape index (κ3) is 2.84. The zero-order valence-corrected chi connectivity index (χ0v) is 10.8. The molecule has 96 valence electrons. The Bertz CT molecular complexity index is 497. The maximum atomic E-state index is 5.23. The molecule has 1 unspecified atom stereocenters. The van der Waals surface area contributed by atoms with Crippen LogP contribution in [0.5, 0.6) is 5.75 Å². The molecule has 0 saturated carbocycles. The molecule has 2 N–H and O–H groups in total. The van der Waals surface area contributed by atoms with E-state index in [0.29, 0.717) is 5.82 Å². The average Bonchev–Trinajstić information content (AvgIpc) is 2.90. The van der Waals surface area contributed by atoms with Gasteiger partial charge in [-0.3, -0.25) is 0 Å². The summed E-state index contributed by atoms with van der Waals surface area (Å²) in [5, 5.41) is 17.2. The van der Waals surface area contributed by atoms with E-state index in [1.54, 1.807) is 7.11 Å². The number of H-pyrrole nitrogens is 1. The molecule has 0 amide bonds. The lowest BCUT2D eigenvalue weighted by atomic mass is 10.1. The minimum Gasteiger partial charge on any atom is -0.496 e. The molecule has 0 saturated heterocycles. The lowest BCUT2D eigenvalue weighted by Crippen LogP contribution is -2.19. The number of nitrogens with one attached hydrogen (secondary N) is 2. The van der Waals surface area contributed by atoms with Crippen LogP contribution in [0.4, 0.5) is 0 Å². The highest BCUT2D eigenvalue weighted by Gasteiger charge is 2.09. The van der Waals surface area contributed by atoms with Crippen LogP contribution < -0.4 is 10.1 Å². The van der Waals surface area contributed by atoms with Crippen LogP contribution in [0.3, 0.4) is 0 Å². The number of ether oxygens (including phenoxy) is 1. The molecule has 6 heteroatoms. The quantitative estimate of drug-likeness (QED) is 0.834. The summed E-state index contributed by atoms with van der Waals surface area (Å²) in [4.78, 5) is 0. The van der Waals surface area contributed by atoms with Gasteiger partial charge in [0.1, 0.15) is 5.75 Å². The number of benzene rings is 1. The monoisotopic (exact) mass is 247 g/mol. The van der Waals surface area contributed by atoms with E-state index >= 15 is 0 Å². The molecule has 1 aromatic carbocycles. The third-order valence-electron chi connectivity index (χ3n) is 2.82. The van der Waals surface area contributed by atoms with Gasteiger partial charge >= 0.3 is 0 Å². The molecular formula is C12H17N5O. The van der Waals surface area contributed by atoms with Crippen molar-refractivity contribution < 1.29 is 4.74 Å². The lowest BCUT2D eigenvalue weighted by molar-refractivity contribution is 0.411. The molecular weight excluding hydrogens is 230 g/mol. The van der Waals surface area contributed by atoms with Gasteiger partial charge in [0, 0.05) is 6.54 Å². The molecule has 0 aliphatic rings. The number of hydrogen-bond acceptors (Lipinski definition) is 5. The second kappa shape index (κ2) is 5.59. The van der Waals surface area contributed by atoms with Gasteiger partial charge in [0.2, 0.25) is 0 Å². The van der Waals surface area contributed by atoms with Crippen LogP contribution in [0.2, 0.25) is 0 Å². The van der Waals surface area contributed by atoms with Crippen molar-refractivity contribution in [1.29, 1.82) is 0 Å². The van der Waals surface area contributed by atoms with E-state index in [0.717, 1.165) is 17.9 Å². The third-order valence-corrected chi connectivity index (χ3v) is 2.82. The van der Waals surface area contributed by atoms with Crippen molar-refractivity contribution in [3.63, 3.8) is 0 Å². The first-order chi connectivity index (χ1) is 8.70. The number of methoxy groups -OCH3 is 1. The number of aryl methyl sites for hydroxylation is 1. The molecule has 0 aliphatic heterocycles. The Labute approximate surface area is 106 Å². The van der Waals surface area contributed by atoms with Gasteiger partial charge in [0.15, 0.2) is 5.82 Å². The Morgan fingerprint density at radius 3 is 2.89 bits per heavy atom. The predicted octanol–water partition coefficient (Wildman–Crippen LogP) is 1.37. The van der Waals surface area contributed by atoms with E-state index in [1.165, 1.54) is 5.56 Å². The zero-order valence-electron chi connectivity index (χ0n) is 10.8. The summed E-state index contributed by atoms with van der Waals surface area (Å²) in [6, 6.07) is 6.19. The molecule has 0 fully saturated rings.